The molecule has 5 heteroatoms. The third kappa shape index (κ3) is 5.67. The normalized spacial score (nSPS) is 22.2. The molecule has 1 aromatic carbocycles. The van der Waals surface area contributed by atoms with Crippen molar-refractivity contribution in [2.24, 2.45) is 11.7 Å². The van der Waals surface area contributed by atoms with Crippen molar-refractivity contribution in [3.63, 3.8) is 0 Å². The van der Waals surface area contributed by atoms with Crippen LogP contribution < -0.4 is 11.1 Å². The van der Waals surface area contributed by atoms with Crippen LogP contribution in [0.1, 0.15) is 50.6 Å². The number of nitrogens with two attached hydrogens (primary N) is 1. The highest BCUT2D eigenvalue weighted by Crippen LogP contribution is 2.27. The fourth-order valence-corrected chi connectivity index (χ4v) is 3.08. The van der Waals surface area contributed by atoms with E-state index < -0.39 is 6.04 Å². The first kappa shape index (κ1) is 17.5. The van der Waals surface area contributed by atoms with Crippen molar-refractivity contribution in [1.82, 2.24) is 5.32 Å². The Balaban J connectivity index is 1.96. The van der Waals surface area contributed by atoms with Crippen molar-refractivity contribution in [2.45, 2.75) is 51.2 Å². The van der Waals surface area contributed by atoms with Crippen molar-refractivity contribution >= 4 is 11.9 Å². The summed E-state index contributed by atoms with van der Waals surface area (Å²) in [6.45, 7) is 2.09. The van der Waals surface area contributed by atoms with Crippen molar-refractivity contribution < 1.29 is 14.3 Å². The summed E-state index contributed by atoms with van der Waals surface area (Å²) in [5.41, 5.74) is 6.24. The Morgan fingerprint density at radius 2 is 2.04 bits per heavy atom. The molecule has 0 heterocycles. The second-order valence-corrected chi connectivity index (χ2v) is 6.32. The van der Waals surface area contributed by atoms with Gasteiger partial charge in [-0.15, -0.1) is 0 Å². The first-order chi connectivity index (χ1) is 11.1. The Kier molecular flexibility index (Phi) is 6.59. The fourth-order valence-electron chi connectivity index (χ4n) is 3.08. The third-order valence-electron chi connectivity index (χ3n) is 4.28. The minimum atomic E-state index is -0.402. The molecule has 0 bridgehead atoms. The predicted octanol–water partition coefficient (Wildman–Crippen LogP) is 2.31. The van der Waals surface area contributed by atoms with Crippen molar-refractivity contribution in [1.29, 1.82) is 0 Å². The predicted molar refractivity (Wildman–Crippen MR) is 88.5 cm³/mol. The Bertz CT molecular complexity index is 518. The number of ether oxygens (including phenoxy) is 1. The van der Waals surface area contributed by atoms with E-state index in [1.807, 2.05) is 30.3 Å². The molecule has 0 aromatic heterocycles. The molecule has 0 radical (unpaired) electrons. The summed E-state index contributed by atoms with van der Waals surface area (Å²) in [6, 6.07) is 9.03. The second-order valence-electron chi connectivity index (χ2n) is 6.32. The van der Waals surface area contributed by atoms with Crippen LogP contribution in [0, 0.1) is 5.92 Å². The van der Waals surface area contributed by atoms with E-state index >= 15 is 0 Å². The maximum atomic E-state index is 12.3. The zero-order chi connectivity index (χ0) is 16.7. The van der Waals surface area contributed by atoms with Crippen molar-refractivity contribution in [3.8, 4) is 0 Å². The monoisotopic (exact) mass is 318 g/mol. The van der Waals surface area contributed by atoms with Crippen LogP contribution in [0.5, 0.6) is 0 Å². The zero-order valence-electron chi connectivity index (χ0n) is 13.7. The van der Waals surface area contributed by atoms with E-state index in [1.54, 1.807) is 0 Å². The van der Waals surface area contributed by atoms with Crippen LogP contribution in [0.25, 0.3) is 0 Å². The molecule has 1 aromatic rings. The minimum Gasteiger partial charge on any atom is -0.462 e. The van der Waals surface area contributed by atoms with Crippen LogP contribution in [0.15, 0.2) is 30.3 Å². The lowest BCUT2D eigenvalue weighted by Crippen LogP contribution is -2.35. The molecule has 2 rings (SSSR count). The zero-order valence-corrected chi connectivity index (χ0v) is 13.7. The molecule has 1 fully saturated rings. The topological polar surface area (TPSA) is 81.4 Å². The van der Waals surface area contributed by atoms with Gasteiger partial charge in [0.1, 0.15) is 6.10 Å². The van der Waals surface area contributed by atoms with Gasteiger partial charge >= 0.3 is 5.97 Å². The lowest BCUT2D eigenvalue weighted by molar-refractivity contribution is -0.151. The standard InChI is InChI=1S/C18H26N2O3/c1-13-6-5-9-15(10-13)23-18(22)11-16(20-17(21)12-19)14-7-3-2-4-8-14/h2-4,7-8,13,15-16H,5-6,9-12,19H2,1H3,(H,20,21)/t13-,15-,16-/m1/s1. The molecule has 0 aliphatic heterocycles. The maximum Gasteiger partial charge on any atom is 0.308 e. The SMILES string of the molecule is C[C@@H]1CCC[C@@H](OC(=O)C[C@@H](NC(=O)CN)c2ccccc2)C1. The van der Waals surface area contributed by atoms with Gasteiger partial charge in [0.2, 0.25) is 5.91 Å². The number of amides is 1. The summed E-state index contributed by atoms with van der Waals surface area (Å²) in [5, 5.41) is 2.80. The Morgan fingerprint density at radius 3 is 2.70 bits per heavy atom. The van der Waals surface area contributed by atoms with E-state index in [1.165, 1.54) is 6.42 Å². The number of hydrogen-bond donors (Lipinski definition) is 2. The van der Waals surface area contributed by atoms with Gasteiger partial charge in [0.15, 0.2) is 0 Å². The molecule has 1 aliphatic rings. The molecule has 3 atom stereocenters. The van der Waals surface area contributed by atoms with E-state index in [0.717, 1.165) is 24.8 Å². The molecule has 23 heavy (non-hydrogen) atoms. The smallest absolute Gasteiger partial charge is 0.308 e. The number of hydrogen-bond acceptors (Lipinski definition) is 4. The summed E-state index contributed by atoms with van der Waals surface area (Å²) >= 11 is 0. The van der Waals surface area contributed by atoms with Crippen molar-refractivity contribution in [2.75, 3.05) is 6.54 Å². The molecule has 1 amide bonds. The highest BCUT2D eigenvalue weighted by atomic mass is 16.5. The fraction of sp³-hybridized carbons (Fsp3) is 0.556. The van der Waals surface area contributed by atoms with Crippen LogP contribution in [0.2, 0.25) is 0 Å². The lowest BCUT2D eigenvalue weighted by atomic mass is 9.89. The minimum absolute atomic E-state index is 0.00730. The largest absolute Gasteiger partial charge is 0.462 e. The molecule has 1 aliphatic carbocycles. The van der Waals surface area contributed by atoms with E-state index in [9.17, 15) is 9.59 Å². The first-order valence-corrected chi connectivity index (χ1v) is 8.32. The van der Waals surface area contributed by atoms with Gasteiger partial charge in [-0.25, -0.2) is 0 Å². The molecule has 0 saturated heterocycles. The summed E-state index contributed by atoms with van der Waals surface area (Å²) in [5.74, 6) is 0.0524. The number of carbonyl (C=O) groups is 2. The molecular formula is C18H26N2O3. The maximum absolute atomic E-state index is 12.3. The van der Waals surface area contributed by atoms with Gasteiger partial charge in [-0.05, 0) is 30.7 Å². The van der Waals surface area contributed by atoms with Crippen LogP contribution in [0.3, 0.4) is 0 Å². The molecule has 5 nitrogen and oxygen atoms in total. The number of carbonyl (C=O) groups excluding carboxylic acids is 2. The van der Waals surface area contributed by atoms with Crippen LogP contribution in [-0.4, -0.2) is 24.5 Å². The highest BCUT2D eigenvalue weighted by molar-refractivity contribution is 5.79. The van der Waals surface area contributed by atoms with Gasteiger partial charge in [0.05, 0.1) is 19.0 Å². The van der Waals surface area contributed by atoms with Gasteiger partial charge in [0, 0.05) is 0 Å². The van der Waals surface area contributed by atoms with E-state index in [-0.39, 0.29) is 30.9 Å². The van der Waals surface area contributed by atoms with Crippen LogP contribution in [0.4, 0.5) is 0 Å². The van der Waals surface area contributed by atoms with E-state index in [2.05, 4.69) is 12.2 Å². The number of benzene rings is 1. The van der Waals surface area contributed by atoms with Crippen LogP contribution in [-0.2, 0) is 14.3 Å². The van der Waals surface area contributed by atoms with Gasteiger partial charge in [-0.1, -0.05) is 43.7 Å². The number of esters is 1. The summed E-state index contributed by atoms with van der Waals surface area (Å²) in [7, 11) is 0. The van der Waals surface area contributed by atoms with Crippen molar-refractivity contribution in [3.05, 3.63) is 35.9 Å². The number of rotatable bonds is 6. The molecule has 3 N–H and O–H groups in total. The molecular weight excluding hydrogens is 292 g/mol. The molecule has 0 unspecified atom stereocenters. The Labute approximate surface area is 137 Å². The lowest BCUT2D eigenvalue weighted by Gasteiger charge is -2.27. The third-order valence-corrected chi connectivity index (χ3v) is 4.28. The first-order valence-electron chi connectivity index (χ1n) is 8.32. The molecule has 1 saturated carbocycles. The van der Waals surface area contributed by atoms with E-state index in [4.69, 9.17) is 10.5 Å². The highest BCUT2D eigenvalue weighted by Gasteiger charge is 2.24. The summed E-state index contributed by atoms with van der Waals surface area (Å²) in [4.78, 5) is 23.9. The quantitative estimate of drug-likeness (QED) is 0.789. The van der Waals surface area contributed by atoms with Gasteiger partial charge < -0.3 is 15.8 Å². The molecule has 0 spiro atoms. The van der Waals surface area contributed by atoms with Crippen LogP contribution >= 0.6 is 0 Å². The summed E-state index contributed by atoms with van der Waals surface area (Å²) < 4.78 is 5.61. The average Bonchev–Trinajstić information content (AvgIpc) is 2.55. The Hall–Kier alpha value is -1.88. The van der Waals surface area contributed by atoms with Gasteiger partial charge in [-0.2, -0.15) is 0 Å². The van der Waals surface area contributed by atoms with Gasteiger partial charge in [0.25, 0.3) is 0 Å². The number of nitrogens with one attached hydrogen (secondary N) is 1. The van der Waals surface area contributed by atoms with E-state index in [0.29, 0.717) is 5.92 Å². The molecule has 126 valence electrons. The Morgan fingerprint density at radius 1 is 1.30 bits per heavy atom. The average molecular weight is 318 g/mol. The van der Waals surface area contributed by atoms with Gasteiger partial charge in [-0.3, -0.25) is 9.59 Å². The second kappa shape index (κ2) is 8.67. The summed E-state index contributed by atoms with van der Waals surface area (Å²) in [6.07, 6.45) is 4.30.